The van der Waals surface area contributed by atoms with Gasteiger partial charge >= 0.3 is 0 Å². The molecule has 0 amide bonds. The smallest absolute Gasteiger partial charge is 0.101 e. The third-order valence-electron chi connectivity index (χ3n) is 4.38. The number of nitriles is 1. The zero-order chi connectivity index (χ0) is 15.2. The van der Waals surface area contributed by atoms with Crippen molar-refractivity contribution in [1.29, 1.82) is 5.26 Å². The van der Waals surface area contributed by atoms with E-state index in [-0.39, 0.29) is 5.54 Å². The fourth-order valence-electron chi connectivity index (χ4n) is 3.23. The topological polar surface area (TPSA) is 40.8 Å². The summed E-state index contributed by atoms with van der Waals surface area (Å²) in [6, 6.07) is 22.6. The Balaban J connectivity index is 1.96. The number of hydrogen-bond donors (Lipinski definition) is 1. The molecule has 0 saturated carbocycles. The summed E-state index contributed by atoms with van der Waals surface area (Å²) in [6.07, 6.45) is 2.05. The van der Waals surface area contributed by atoms with E-state index < -0.39 is 0 Å². The molecule has 1 unspecified atom stereocenters. The van der Waals surface area contributed by atoms with Crippen LogP contribution in [0.3, 0.4) is 0 Å². The zero-order valence-electron chi connectivity index (χ0n) is 12.2. The first-order valence-corrected chi connectivity index (χ1v) is 7.28. The summed E-state index contributed by atoms with van der Waals surface area (Å²) in [4.78, 5) is 0. The second-order valence-electron chi connectivity index (χ2n) is 5.72. The highest BCUT2D eigenvalue weighted by Crippen LogP contribution is 2.41. The number of nitrogens with zero attached hydrogens (tertiary/aromatic N) is 2. The van der Waals surface area contributed by atoms with Gasteiger partial charge in [-0.05, 0) is 42.8 Å². The zero-order valence-corrected chi connectivity index (χ0v) is 12.2. The van der Waals surface area contributed by atoms with Crippen molar-refractivity contribution in [3.05, 3.63) is 83.7 Å². The Morgan fingerprint density at radius 1 is 1.05 bits per heavy atom. The number of benzene rings is 2. The van der Waals surface area contributed by atoms with Crippen LogP contribution < -0.4 is 5.32 Å². The van der Waals surface area contributed by atoms with Crippen LogP contribution in [0.15, 0.2) is 66.9 Å². The molecule has 0 fully saturated rings. The molecule has 1 atom stereocenters. The van der Waals surface area contributed by atoms with Gasteiger partial charge in [0.05, 0.1) is 28.7 Å². The maximum Gasteiger partial charge on any atom is 0.101 e. The molecule has 0 saturated heterocycles. The van der Waals surface area contributed by atoms with Crippen LogP contribution in [0.25, 0.3) is 5.69 Å². The van der Waals surface area contributed by atoms with Crippen molar-refractivity contribution in [2.45, 2.75) is 12.5 Å². The average molecular weight is 285 g/mol. The van der Waals surface area contributed by atoms with Crippen molar-refractivity contribution in [1.82, 2.24) is 4.57 Å². The van der Waals surface area contributed by atoms with E-state index in [4.69, 9.17) is 5.26 Å². The molecule has 0 spiro atoms. The van der Waals surface area contributed by atoms with E-state index in [1.165, 1.54) is 11.3 Å². The van der Waals surface area contributed by atoms with Gasteiger partial charge in [-0.1, -0.05) is 30.3 Å². The van der Waals surface area contributed by atoms with Gasteiger partial charge in [-0.15, -0.1) is 0 Å². The van der Waals surface area contributed by atoms with Crippen LogP contribution in [0, 0.1) is 11.3 Å². The fourth-order valence-corrected chi connectivity index (χ4v) is 3.23. The highest BCUT2D eigenvalue weighted by Gasteiger charge is 2.36. The molecule has 106 valence electrons. The highest BCUT2D eigenvalue weighted by molar-refractivity contribution is 5.70. The van der Waals surface area contributed by atoms with Gasteiger partial charge in [0, 0.05) is 6.20 Å². The van der Waals surface area contributed by atoms with Crippen molar-refractivity contribution < 1.29 is 0 Å². The molecule has 1 aliphatic rings. The second kappa shape index (κ2) is 4.51. The van der Waals surface area contributed by atoms with Crippen LogP contribution in [0.1, 0.15) is 23.7 Å². The molecule has 3 heteroatoms. The number of aromatic nitrogens is 1. The van der Waals surface area contributed by atoms with Crippen molar-refractivity contribution in [2.24, 2.45) is 0 Å². The summed E-state index contributed by atoms with van der Waals surface area (Å²) < 4.78 is 2.17. The maximum absolute atomic E-state index is 9.14. The molecule has 1 aliphatic heterocycles. The predicted molar refractivity (Wildman–Crippen MR) is 87.0 cm³/mol. The van der Waals surface area contributed by atoms with Gasteiger partial charge in [0.15, 0.2) is 0 Å². The molecule has 3 nitrogen and oxygen atoms in total. The maximum atomic E-state index is 9.14. The van der Waals surface area contributed by atoms with E-state index in [2.05, 4.69) is 59.4 Å². The van der Waals surface area contributed by atoms with Crippen molar-refractivity contribution >= 4 is 5.69 Å². The van der Waals surface area contributed by atoms with Crippen LogP contribution in [-0.4, -0.2) is 4.57 Å². The van der Waals surface area contributed by atoms with Crippen LogP contribution in [-0.2, 0) is 5.54 Å². The van der Waals surface area contributed by atoms with Gasteiger partial charge in [-0.25, -0.2) is 0 Å². The minimum Gasteiger partial charge on any atom is -0.369 e. The van der Waals surface area contributed by atoms with Gasteiger partial charge in [-0.2, -0.15) is 5.26 Å². The predicted octanol–water partition coefficient (Wildman–Crippen LogP) is 4.04. The second-order valence-corrected chi connectivity index (χ2v) is 5.72. The van der Waals surface area contributed by atoms with Gasteiger partial charge in [-0.3, -0.25) is 0 Å². The fraction of sp³-hybridized carbons (Fsp3) is 0.105. The van der Waals surface area contributed by atoms with Crippen LogP contribution in [0.4, 0.5) is 5.69 Å². The van der Waals surface area contributed by atoms with E-state index >= 15 is 0 Å². The monoisotopic (exact) mass is 285 g/mol. The third-order valence-corrected chi connectivity index (χ3v) is 4.38. The summed E-state index contributed by atoms with van der Waals surface area (Å²) in [7, 11) is 0. The normalized spacial score (nSPS) is 18.7. The first-order chi connectivity index (χ1) is 10.7. The van der Waals surface area contributed by atoms with Crippen LogP contribution in [0.2, 0.25) is 0 Å². The lowest BCUT2D eigenvalue weighted by atomic mass is 9.86. The number of hydrogen-bond acceptors (Lipinski definition) is 2. The SMILES string of the molecule is CC1(c2ccccc2)Nc2ccc(C#N)cc2-n2cccc21. The van der Waals surface area contributed by atoms with E-state index in [1.54, 1.807) is 0 Å². The molecule has 2 aromatic carbocycles. The quantitative estimate of drug-likeness (QED) is 0.733. The molecule has 0 bridgehead atoms. The molecule has 3 aromatic rings. The molecule has 1 N–H and O–H groups in total. The molecule has 0 radical (unpaired) electrons. The van der Waals surface area contributed by atoms with Crippen LogP contribution >= 0.6 is 0 Å². The summed E-state index contributed by atoms with van der Waals surface area (Å²) in [5.74, 6) is 0. The Kier molecular flexibility index (Phi) is 2.61. The standard InChI is InChI=1S/C19H15N3/c1-19(15-6-3-2-4-7-15)18-8-5-11-22(18)17-12-14(13-20)9-10-16(17)21-19/h2-12,21H,1H3. The number of nitrogens with one attached hydrogen (secondary N) is 1. The molecule has 22 heavy (non-hydrogen) atoms. The van der Waals surface area contributed by atoms with E-state index in [9.17, 15) is 0 Å². The van der Waals surface area contributed by atoms with Crippen molar-refractivity contribution in [3.8, 4) is 11.8 Å². The Hall–Kier alpha value is -2.99. The number of anilines is 1. The lowest BCUT2D eigenvalue weighted by Gasteiger charge is -2.38. The Labute approximate surface area is 129 Å². The molecule has 4 rings (SSSR count). The Morgan fingerprint density at radius 3 is 2.64 bits per heavy atom. The summed E-state index contributed by atoms with van der Waals surface area (Å²) in [6.45, 7) is 2.19. The minimum absolute atomic E-state index is 0.300. The summed E-state index contributed by atoms with van der Waals surface area (Å²) in [5, 5.41) is 12.8. The Morgan fingerprint density at radius 2 is 1.86 bits per heavy atom. The Bertz CT molecular complexity index is 887. The van der Waals surface area contributed by atoms with E-state index in [1.807, 2.05) is 30.3 Å². The molecule has 0 aliphatic carbocycles. The lowest BCUT2D eigenvalue weighted by molar-refractivity contribution is 0.603. The largest absolute Gasteiger partial charge is 0.369 e. The molecule has 1 aromatic heterocycles. The van der Waals surface area contributed by atoms with Gasteiger partial charge in [0.1, 0.15) is 5.54 Å². The van der Waals surface area contributed by atoms with Crippen LogP contribution in [0.5, 0.6) is 0 Å². The molecular weight excluding hydrogens is 270 g/mol. The molecular formula is C19H15N3. The van der Waals surface area contributed by atoms with Gasteiger partial charge < -0.3 is 9.88 Å². The van der Waals surface area contributed by atoms with Gasteiger partial charge in [0.25, 0.3) is 0 Å². The van der Waals surface area contributed by atoms with Crippen molar-refractivity contribution in [2.75, 3.05) is 5.32 Å². The first-order valence-electron chi connectivity index (χ1n) is 7.28. The van der Waals surface area contributed by atoms with Crippen molar-refractivity contribution in [3.63, 3.8) is 0 Å². The third kappa shape index (κ3) is 1.68. The first kappa shape index (κ1) is 12.7. The number of rotatable bonds is 1. The minimum atomic E-state index is -0.300. The summed E-state index contributed by atoms with van der Waals surface area (Å²) >= 11 is 0. The van der Waals surface area contributed by atoms with Gasteiger partial charge in [0.2, 0.25) is 0 Å². The lowest BCUT2D eigenvalue weighted by Crippen LogP contribution is -2.38. The van der Waals surface area contributed by atoms with E-state index in [0.717, 1.165) is 11.4 Å². The molecule has 2 heterocycles. The van der Waals surface area contributed by atoms with E-state index in [0.29, 0.717) is 5.56 Å². The highest BCUT2D eigenvalue weighted by atomic mass is 15.1. The number of fused-ring (bicyclic) bond motifs is 3. The summed E-state index contributed by atoms with van der Waals surface area (Å²) in [5.41, 5.74) is 4.81. The average Bonchev–Trinajstić information content (AvgIpc) is 3.06.